The van der Waals surface area contributed by atoms with E-state index in [-0.39, 0.29) is 10.0 Å². The topological polar surface area (TPSA) is 101 Å². The predicted molar refractivity (Wildman–Crippen MR) is 67.5 cm³/mol. The quantitative estimate of drug-likeness (QED) is 0.783. The van der Waals surface area contributed by atoms with Gasteiger partial charge in [-0.1, -0.05) is 6.92 Å². The van der Waals surface area contributed by atoms with Gasteiger partial charge in [0.05, 0.1) is 0 Å². The monoisotopic (exact) mass is 272 g/mol. The number of nitrogens with one attached hydrogen (secondary N) is 2. The van der Waals surface area contributed by atoms with E-state index in [1.807, 2.05) is 6.92 Å². The largest absolute Gasteiger partial charge is 0.398 e. The molecule has 0 saturated carbocycles. The van der Waals surface area contributed by atoms with E-state index in [0.29, 0.717) is 5.69 Å². The first-order valence-corrected chi connectivity index (χ1v) is 7.28. The molecule has 0 radical (unpaired) electrons. The Hall–Kier alpha value is -1.54. The van der Waals surface area contributed by atoms with Gasteiger partial charge in [-0.05, 0) is 12.5 Å². The maximum atomic E-state index is 11.9. The van der Waals surface area contributed by atoms with Crippen LogP contribution in [0.15, 0.2) is 21.7 Å². The van der Waals surface area contributed by atoms with E-state index in [9.17, 15) is 8.42 Å². The van der Waals surface area contributed by atoms with Gasteiger partial charge in [0.25, 0.3) is 10.0 Å². The molecule has 0 aromatic carbocycles. The molecule has 0 amide bonds. The van der Waals surface area contributed by atoms with Gasteiger partial charge >= 0.3 is 0 Å². The number of anilines is 2. The average molecular weight is 272 g/mol. The van der Waals surface area contributed by atoms with Crippen LogP contribution in [0.5, 0.6) is 0 Å². The third-order valence-corrected chi connectivity index (χ3v) is 4.92. The fraction of sp³-hybridized carbons (Fsp3) is 0.222. The molecule has 2 heterocycles. The Bertz CT molecular complexity index is 614. The number of hydrogen-bond acceptors (Lipinski definition) is 5. The van der Waals surface area contributed by atoms with Gasteiger partial charge in [-0.25, -0.2) is 8.42 Å². The highest BCUT2D eigenvalue weighted by molar-refractivity contribution is 7.94. The van der Waals surface area contributed by atoms with Crippen molar-refractivity contribution in [2.75, 3.05) is 10.5 Å². The summed E-state index contributed by atoms with van der Waals surface area (Å²) >= 11 is 1.07. The molecule has 6 nitrogen and oxygen atoms in total. The van der Waals surface area contributed by atoms with Gasteiger partial charge in [-0.15, -0.1) is 11.3 Å². The lowest BCUT2D eigenvalue weighted by Crippen LogP contribution is -2.11. The number of aromatic amines is 1. The maximum absolute atomic E-state index is 11.9. The van der Waals surface area contributed by atoms with Gasteiger partial charge in [-0.3, -0.25) is 9.82 Å². The number of sulfonamides is 1. The number of aryl methyl sites for hydroxylation is 1. The van der Waals surface area contributed by atoms with E-state index in [4.69, 9.17) is 5.73 Å². The van der Waals surface area contributed by atoms with Crippen LogP contribution in [0.3, 0.4) is 0 Å². The highest BCUT2D eigenvalue weighted by Crippen LogP contribution is 2.23. The predicted octanol–water partition coefficient (Wildman–Crippen LogP) is 1.42. The molecule has 0 aliphatic heterocycles. The molecular weight excluding hydrogens is 260 g/mol. The zero-order valence-electron chi connectivity index (χ0n) is 9.10. The van der Waals surface area contributed by atoms with E-state index >= 15 is 0 Å². The number of thiophene rings is 1. The van der Waals surface area contributed by atoms with Gasteiger partial charge in [-0.2, -0.15) is 5.10 Å². The summed E-state index contributed by atoms with van der Waals surface area (Å²) in [5, 5.41) is 8.18. The molecule has 2 aromatic rings. The lowest BCUT2D eigenvalue weighted by molar-refractivity contribution is 0.603. The van der Waals surface area contributed by atoms with Crippen LogP contribution in [-0.4, -0.2) is 18.6 Å². The first-order valence-electron chi connectivity index (χ1n) is 4.92. The van der Waals surface area contributed by atoms with Crippen molar-refractivity contribution in [2.24, 2.45) is 0 Å². The van der Waals surface area contributed by atoms with E-state index in [2.05, 4.69) is 14.9 Å². The standard InChI is InChI=1S/C9H12N4O2S2/c1-2-7-4-8(12-11-7)13-17(14,15)9-3-6(10)5-16-9/h3-5H,2,10H2,1H3,(H2,11,12,13). The van der Waals surface area contributed by atoms with E-state index in [1.54, 1.807) is 11.4 Å². The Balaban J connectivity index is 2.23. The number of hydrogen-bond donors (Lipinski definition) is 3. The van der Waals surface area contributed by atoms with Crippen molar-refractivity contribution in [3.05, 3.63) is 23.2 Å². The summed E-state index contributed by atoms with van der Waals surface area (Å²) < 4.78 is 26.4. The lowest BCUT2D eigenvalue weighted by atomic mass is 10.3. The summed E-state index contributed by atoms with van der Waals surface area (Å²) in [5.41, 5.74) is 6.80. The zero-order valence-corrected chi connectivity index (χ0v) is 10.7. The highest BCUT2D eigenvalue weighted by atomic mass is 32.2. The molecule has 0 bridgehead atoms. The molecule has 0 aliphatic rings. The normalized spacial score (nSPS) is 11.6. The fourth-order valence-electron chi connectivity index (χ4n) is 1.25. The minimum Gasteiger partial charge on any atom is -0.398 e. The van der Waals surface area contributed by atoms with E-state index in [0.717, 1.165) is 23.5 Å². The molecule has 4 N–H and O–H groups in total. The highest BCUT2D eigenvalue weighted by Gasteiger charge is 2.17. The van der Waals surface area contributed by atoms with E-state index < -0.39 is 10.0 Å². The van der Waals surface area contributed by atoms with Gasteiger partial charge in [0.1, 0.15) is 4.21 Å². The SMILES string of the molecule is CCc1cc(NS(=O)(=O)c2cc(N)cs2)n[nH]1. The van der Waals surface area contributed by atoms with Crippen LogP contribution in [-0.2, 0) is 16.4 Å². The van der Waals surface area contributed by atoms with Crippen molar-refractivity contribution < 1.29 is 8.42 Å². The Morgan fingerprint density at radius 3 is 2.82 bits per heavy atom. The Kier molecular flexibility index (Phi) is 3.07. The molecule has 2 rings (SSSR count). The van der Waals surface area contributed by atoms with Crippen molar-refractivity contribution in [1.82, 2.24) is 10.2 Å². The molecule has 0 spiro atoms. The van der Waals surface area contributed by atoms with Crippen molar-refractivity contribution in [3.8, 4) is 0 Å². The van der Waals surface area contributed by atoms with Crippen molar-refractivity contribution in [3.63, 3.8) is 0 Å². The van der Waals surface area contributed by atoms with Crippen LogP contribution in [0.1, 0.15) is 12.6 Å². The number of nitrogen functional groups attached to an aromatic ring is 1. The molecular formula is C9H12N4O2S2. The van der Waals surface area contributed by atoms with Crippen molar-refractivity contribution in [2.45, 2.75) is 17.6 Å². The van der Waals surface area contributed by atoms with Crippen LogP contribution in [0.4, 0.5) is 11.5 Å². The van der Waals surface area contributed by atoms with Gasteiger partial charge in [0.2, 0.25) is 0 Å². The van der Waals surface area contributed by atoms with Crippen LogP contribution < -0.4 is 10.5 Å². The molecule has 0 aliphatic carbocycles. The molecule has 0 atom stereocenters. The van der Waals surface area contributed by atoms with E-state index in [1.165, 1.54) is 6.07 Å². The molecule has 2 aromatic heterocycles. The Morgan fingerprint density at radius 1 is 1.53 bits per heavy atom. The van der Waals surface area contributed by atoms with Crippen LogP contribution in [0.2, 0.25) is 0 Å². The molecule has 0 saturated heterocycles. The Labute approximate surface area is 103 Å². The first kappa shape index (κ1) is 11.9. The molecule has 8 heteroatoms. The minimum absolute atomic E-state index is 0.177. The second-order valence-electron chi connectivity index (χ2n) is 3.44. The second kappa shape index (κ2) is 4.38. The van der Waals surface area contributed by atoms with Gasteiger partial charge in [0.15, 0.2) is 5.82 Å². The molecule has 92 valence electrons. The second-order valence-corrected chi connectivity index (χ2v) is 6.26. The number of aromatic nitrogens is 2. The minimum atomic E-state index is -3.58. The summed E-state index contributed by atoms with van der Waals surface area (Å²) in [4.78, 5) is 0. The summed E-state index contributed by atoms with van der Waals surface area (Å²) in [5.74, 6) is 0.286. The van der Waals surface area contributed by atoms with Crippen molar-refractivity contribution in [1.29, 1.82) is 0 Å². The number of nitrogens with two attached hydrogens (primary N) is 1. The van der Waals surface area contributed by atoms with Gasteiger partial charge in [0, 0.05) is 22.8 Å². The Morgan fingerprint density at radius 2 is 2.29 bits per heavy atom. The van der Waals surface area contributed by atoms with Crippen LogP contribution in [0, 0.1) is 0 Å². The molecule has 0 fully saturated rings. The maximum Gasteiger partial charge on any atom is 0.272 e. The van der Waals surface area contributed by atoms with Gasteiger partial charge < -0.3 is 5.73 Å². The number of nitrogens with zero attached hydrogens (tertiary/aromatic N) is 1. The number of rotatable bonds is 4. The summed E-state index contributed by atoms with van der Waals surface area (Å²) in [6.45, 7) is 1.95. The zero-order chi connectivity index (χ0) is 12.5. The third kappa shape index (κ3) is 2.59. The smallest absolute Gasteiger partial charge is 0.272 e. The fourth-order valence-corrected chi connectivity index (χ4v) is 3.33. The lowest BCUT2D eigenvalue weighted by Gasteiger charge is -2.01. The summed E-state index contributed by atoms with van der Waals surface area (Å²) in [6.07, 6.45) is 0.765. The third-order valence-electron chi connectivity index (χ3n) is 2.11. The van der Waals surface area contributed by atoms with Crippen molar-refractivity contribution >= 4 is 32.9 Å². The first-order chi connectivity index (χ1) is 8.01. The molecule has 0 unspecified atom stereocenters. The molecule has 17 heavy (non-hydrogen) atoms. The number of H-pyrrole nitrogens is 1. The summed E-state index contributed by atoms with van der Waals surface area (Å²) in [6, 6.07) is 3.08. The van der Waals surface area contributed by atoms with Crippen LogP contribution >= 0.6 is 11.3 Å². The summed E-state index contributed by atoms with van der Waals surface area (Å²) in [7, 11) is -3.58. The average Bonchev–Trinajstić information content (AvgIpc) is 2.86. The van der Waals surface area contributed by atoms with Crippen LogP contribution in [0.25, 0.3) is 0 Å².